The Morgan fingerprint density at radius 3 is 2.52 bits per heavy atom. The Balaban J connectivity index is 3.18. The van der Waals surface area contributed by atoms with E-state index in [-0.39, 0.29) is 28.4 Å². The molecule has 0 fully saturated rings. The van der Waals surface area contributed by atoms with E-state index >= 15 is 0 Å². The summed E-state index contributed by atoms with van der Waals surface area (Å²) in [4.78, 5) is 21.7. The van der Waals surface area contributed by atoms with Crippen LogP contribution < -0.4 is 0 Å². The van der Waals surface area contributed by atoms with Crippen molar-refractivity contribution >= 4 is 33.6 Å². The monoisotopic (exact) mass is 335 g/mol. The molecule has 0 amide bonds. The van der Waals surface area contributed by atoms with E-state index in [1.807, 2.05) is 0 Å². The number of benzene rings is 1. The zero-order chi connectivity index (χ0) is 16.2. The first-order valence-electron chi connectivity index (χ1n) is 5.76. The van der Waals surface area contributed by atoms with E-state index in [1.54, 1.807) is 0 Å². The van der Waals surface area contributed by atoms with Crippen LogP contribution in [0.3, 0.4) is 0 Å². The lowest BCUT2D eigenvalue weighted by molar-refractivity contribution is -0.137. The topological polar surface area (TPSA) is 101 Å². The number of hydrogen-bond donors (Lipinski definition) is 1. The molecule has 0 saturated heterocycles. The highest BCUT2D eigenvalue weighted by atomic mass is 35.5. The summed E-state index contributed by atoms with van der Waals surface area (Å²) in [7, 11) is -1.59. The molecule has 1 rings (SSSR count). The Hall–Kier alpha value is -1.64. The lowest BCUT2D eigenvalue weighted by Gasteiger charge is -2.17. The Labute approximate surface area is 127 Å². The number of nitrogens with zero attached hydrogens (tertiary/aromatic N) is 1. The number of carbonyl (C=O) groups excluding carboxylic acids is 1. The van der Waals surface area contributed by atoms with Gasteiger partial charge >= 0.3 is 11.9 Å². The van der Waals surface area contributed by atoms with Crippen LogP contribution >= 0.6 is 11.6 Å². The first kappa shape index (κ1) is 17.4. The van der Waals surface area contributed by atoms with Crippen LogP contribution in [0.4, 0.5) is 0 Å². The zero-order valence-electron chi connectivity index (χ0n) is 11.4. The first-order valence-corrected chi connectivity index (χ1v) is 7.58. The minimum Gasteiger partial charge on any atom is -0.481 e. The molecule has 7 nitrogen and oxygen atoms in total. The Morgan fingerprint density at radius 1 is 1.38 bits per heavy atom. The van der Waals surface area contributed by atoms with Gasteiger partial charge in [0, 0.05) is 13.6 Å². The molecule has 1 aromatic rings. The first-order chi connectivity index (χ1) is 9.70. The second-order valence-corrected chi connectivity index (χ2v) is 6.53. The van der Waals surface area contributed by atoms with E-state index in [1.165, 1.54) is 26.3 Å². The SMILES string of the molecule is COC(=O)c1ccc(Cl)c(S(=O)(=O)N(C)CCC(=O)O)c1. The molecule has 0 aromatic heterocycles. The summed E-state index contributed by atoms with van der Waals surface area (Å²) < 4.78 is 30.0. The quantitative estimate of drug-likeness (QED) is 0.784. The maximum atomic E-state index is 12.3. The van der Waals surface area contributed by atoms with E-state index in [0.717, 1.165) is 10.4 Å². The molecule has 0 aliphatic carbocycles. The fraction of sp³-hybridized carbons (Fsp3) is 0.333. The van der Waals surface area contributed by atoms with Gasteiger partial charge in [-0.3, -0.25) is 4.79 Å². The summed E-state index contributed by atoms with van der Waals surface area (Å²) >= 11 is 5.86. The highest BCUT2D eigenvalue weighted by Gasteiger charge is 2.25. The van der Waals surface area contributed by atoms with Crippen molar-refractivity contribution in [3.05, 3.63) is 28.8 Å². The summed E-state index contributed by atoms with van der Waals surface area (Å²) in [5, 5.41) is 8.53. The molecule has 0 unspecified atom stereocenters. The third-order valence-corrected chi connectivity index (χ3v) is 5.02. The van der Waals surface area contributed by atoms with E-state index in [2.05, 4.69) is 4.74 Å². The summed E-state index contributed by atoms with van der Waals surface area (Å²) in [5.74, 6) is -1.82. The second-order valence-electron chi connectivity index (χ2n) is 4.11. The van der Waals surface area contributed by atoms with Gasteiger partial charge in [0.1, 0.15) is 4.90 Å². The van der Waals surface area contributed by atoms with Gasteiger partial charge in [0.25, 0.3) is 0 Å². The van der Waals surface area contributed by atoms with Gasteiger partial charge in [0.05, 0.1) is 24.1 Å². The van der Waals surface area contributed by atoms with Crippen LogP contribution in [-0.2, 0) is 19.6 Å². The molecule has 9 heteroatoms. The summed E-state index contributed by atoms with van der Waals surface area (Å²) in [6.45, 7) is -0.212. The molecule has 0 aliphatic heterocycles. The van der Waals surface area contributed by atoms with Crippen molar-refractivity contribution in [2.75, 3.05) is 20.7 Å². The number of ether oxygens (including phenoxy) is 1. The molecule has 1 N–H and O–H groups in total. The zero-order valence-corrected chi connectivity index (χ0v) is 12.9. The molecule has 0 aliphatic rings. The maximum absolute atomic E-state index is 12.3. The van der Waals surface area contributed by atoms with Gasteiger partial charge in [0.15, 0.2) is 0 Å². The van der Waals surface area contributed by atoms with Gasteiger partial charge in [-0.15, -0.1) is 0 Å². The van der Waals surface area contributed by atoms with Gasteiger partial charge < -0.3 is 9.84 Å². The van der Waals surface area contributed by atoms with Crippen molar-refractivity contribution in [1.29, 1.82) is 0 Å². The lowest BCUT2D eigenvalue weighted by Crippen LogP contribution is -2.29. The predicted molar refractivity (Wildman–Crippen MR) is 74.9 cm³/mol. The van der Waals surface area contributed by atoms with Gasteiger partial charge in [-0.2, -0.15) is 0 Å². The molecule has 0 radical (unpaired) electrons. The van der Waals surface area contributed by atoms with Crippen molar-refractivity contribution in [2.24, 2.45) is 0 Å². The van der Waals surface area contributed by atoms with Crippen LogP contribution in [0.1, 0.15) is 16.8 Å². The number of carboxylic acid groups (broad SMARTS) is 1. The molecule has 1 aromatic carbocycles. The van der Waals surface area contributed by atoms with Crippen molar-refractivity contribution in [3.8, 4) is 0 Å². The minimum atomic E-state index is -4.00. The molecular weight excluding hydrogens is 322 g/mol. The van der Waals surface area contributed by atoms with Crippen LogP contribution in [-0.4, -0.2) is 50.5 Å². The van der Waals surface area contributed by atoms with Crippen LogP contribution in [0.2, 0.25) is 5.02 Å². The summed E-state index contributed by atoms with van der Waals surface area (Å²) in [6, 6.07) is 3.71. The molecule has 0 saturated carbocycles. The number of methoxy groups -OCH3 is 1. The molecule has 0 spiro atoms. The number of aliphatic carboxylic acids is 1. The van der Waals surface area contributed by atoms with E-state index in [0.29, 0.717) is 0 Å². The minimum absolute atomic E-state index is 0.0344. The number of halogens is 1. The Bertz CT molecular complexity index is 658. The van der Waals surface area contributed by atoms with E-state index < -0.39 is 22.0 Å². The van der Waals surface area contributed by atoms with Gasteiger partial charge in [-0.05, 0) is 18.2 Å². The van der Waals surface area contributed by atoms with Gasteiger partial charge in [0.2, 0.25) is 10.0 Å². The fourth-order valence-electron chi connectivity index (χ4n) is 1.49. The van der Waals surface area contributed by atoms with Crippen molar-refractivity contribution in [2.45, 2.75) is 11.3 Å². The molecule has 0 atom stereocenters. The second kappa shape index (κ2) is 6.88. The van der Waals surface area contributed by atoms with E-state index in [9.17, 15) is 18.0 Å². The van der Waals surface area contributed by atoms with Gasteiger partial charge in [-0.25, -0.2) is 17.5 Å². The number of hydrogen-bond acceptors (Lipinski definition) is 5. The third-order valence-electron chi connectivity index (χ3n) is 2.68. The average molecular weight is 336 g/mol. The Morgan fingerprint density at radius 2 is 2.00 bits per heavy atom. The number of carbonyl (C=O) groups is 2. The average Bonchev–Trinajstić information content (AvgIpc) is 2.43. The van der Waals surface area contributed by atoms with Crippen LogP contribution in [0.5, 0.6) is 0 Å². The van der Waals surface area contributed by atoms with Gasteiger partial charge in [-0.1, -0.05) is 11.6 Å². The van der Waals surface area contributed by atoms with Crippen LogP contribution in [0, 0.1) is 0 Å². The number of rotatable bonds is 6. The molecular formula is C12H14ClNO6S. The normalized spacial score (nSPS) is 11.4. The fourth-order valence-corrected chi connectivity index (χ4v) is 3.15. The molecule has 0 heterocycles. The molecule has 0 bridgehead atoms. The standard InChI is InChI=1S/C12H14ClNO6S/c1-14(6-5-11(15)16)21(18,19)10-7-8(12(17)20-2)3-4-9(10)13/h3-4,7H,5-6H2,1-2H3,(H,15,16). The van der Waals surface area contributed by atoms with Crippen LogP contribution in [0.25, 0.3) is 0 Å². The molecule has 116 valence electrons. The largest absolute Gasteiger partial charge is 0.481 e. The summed E-state index contributed by atoms with van der Waals surface area (Å²) in [6.07, 6.45) is -0.343. The van der Waals surface area contributed by atoms with E-state index in [4.69, 9.17) is 16.7 Å². The van der Waals surface area contributed by atoms with Crippen molar-refractivity contribution in [1.82, 2.24) is 4.31 Å². The number of sulfonamides is 1. The third kappa shape index (κ3) is 4.16. The Kier molecular flexibility index (Phi) is 5.70. The maximum Gasteiger partial charge on any atom is 0.337 e. The van der Waals surface area contributed by atoms with Crippen molar-refractivity contribution in [3.63, 3.8) is 0 Å². The lowest BCUT2D eigenvalue weighted by atomic mass is 10.2. The highest BCUT2D eigenvalue weighted by molar-refractivity contribution is 7.89. The van der Waals surface area contributed by atoms with Crippen LogP contribution in [0.15, 0.2) is 23.1 Å². The summed E-state index contributed by atoms with van der Waals surface area (Å²) in [5.41, 5.74) is 0.0344. The number of esters is 1. The number of carboxylic acids is 1. The predicted octanol–water partition coefficient (Wildman–Crippen LogP) is 1.22. The molecule has 21 heavy (non-hydrogen) atoms. The smallest absolute Gasteiger partial charge is 0.337 e. The van der Waals surface area contributed by atoms with Crippen molar-refractivity contribution < 1.29 is 27.9 Å². The highest BCUT2D eigenvalue weighted by Crippen LogP contribution is 2.25.